The minimum Gasteiger partial charge on any atom is -0.382 e. The fraction of sp³-hybridized carbons (Fsp3) is 0.556. The fourth-order valence-corrected chi connectivity index (χ4v) is 9.20. The number of hydrogen-bond donors (Lipinski definition) is 2. The van der Waals surface area contributed by atoms with Crippen LogP contribution in [0, 0.1) is 23.7 Å². The van der Waals surface area contributed by atoms with E-state index in [4.69, 9.17) is 6.58 Å². The van der Waals surface area contributed by atoms with E-state index >= 15 is 0 Å². The smallest absolute Gasteiger partial charge is 0.0445 e. The van der Waals surface area contributed by atoms with Crippen molar-refractivity contribution in [3.63, 3.8) is 0 Å². The highest BCUT2D eigenvalue weighted by atomic mass is 14.9. The van der Waals surface area contributed by atoms with E-state index in [2.05, 4.69) is 60.2 Å². The molecule has 0 spiro atoms. The lowest BCUT2D eigenvalue weighted by Crippen LogP contribution is -2.39. The number of nitrogens with one attached hydrogen (secondary N) is 2. The molecular formula is C36H46N2. The van der Waals surface area contributed by atoms with Crippen LogP contribution in [0.2, 0.25) is 0 Å². The van der Waals surface area contributed by atoms with Gasteiger partial charge in [0.1, 0.15) is 0 Å². The van der Waals surface area contributed by atoms with E-state index < -0.39 is 0 Å². The zero-order valence-electron chi connectivity index (χ0n) is 23.4. The van der Waals surface area contributed by atoms with Crippen LogP contribution in [0.1, 0.15) is 83.5 Å². The van der Waals surface area contributed by atoms with Crippen molar-refractivity contribution < 1.29 is 0 Å². The molecule has 7 rings (SSSR count). The molecule has 5 atom stereocenters. The van der Waals surface area contributed by atoms with Crippen LogP contribution in [0.4, 0.5) is 0 Å². The Balaban J connectivity index is 1.33. The molecule has 0 bridgehead atoms. The van der Waals surface area contributed by atoms with E-state index in [1.54, 1.807) is 27.9 Å². The van der Waals surface area contributed by atoms with Gasteiger partial charge in [0.2, 0.25) is 0 Å². The van der Waals surface area contributed by atoms with Crippen LogP contribution in [0.25, 0.3) is 0 Å². The summed E-state index contributed by atoms with van der Waals surface area (Å²) in [5.41, 5.74) is 12.5. The van der Waals surface area contributed by atoms with Crippen LogP contribution in [-0.2, 0) is 0 Å². The first kappa shape index (κ1) is 24.7. The second-order valence-electron chi connectivity index (χ2n) is 13.0. The molecule has 2 N–H and O–H groups in total. The van der Waals surface area contributed by atoms with Gasteiger partial charge in [-0.15, -0.1) is 0 Å². The van der Waals surface area contributed by atoms with Crippen LogP contribution in [-0.4, -0.2) is 19.1 Å². The fourth-order valence-electron chi connectivity index (χ4n) is 9.20. The van der Waals surface area contributed by atoms with E-state index in [-0.39, 0.29) is 0 Å². The lowest BCUT2D eigenvalue weighted by Gasteiger charge is -2.36. The first-order valence-corrected chi connectivity index (χ1v) is 15.8. The van der Waals surface area contributed by atoms with E-state index in [0.29, 0.717) is 35.8 Å². The zero-order chi connectivity index (χ0) is 25.6. The standard InChI is InChI=1S/C36H46N2/c1-23-21-32-27(33-22-24-11-6-7-14-26(24)29-17-10-18-30(32)35(29)33)19-20-34(37-2)28-15-8-9-16-31(28)36(23)38-25-12-4-3-5-13-25/h7,9-10,14,16-17,21,25,27-28,30,33-34,37-38H,1,3-6,8,11-13,15,18-20,22H2,2H3/b32-21+,36-31?. The Bertz CT molecular complexity index is 1210. The third-order valence-electron chi connectivity index (χ3n) is 11.0. The minimum absolute atomic E-state index is 0.524. The largest absolute Gasteiger partial charge is 0.382 e. The highest BCUT2D eigenvalue weighted by Gasteiger charge is 2.47. The SMILES string of the molecule is C=C1/C=C2/C3CC=CC4=C3C(CC3=C4C=CCC3)C2CCC(NC)C2CCC=CC2=C1NC1CCCCC1. The third-order valence-corrected chi connectivity index (χ3v) is 11.0. The predicted molar refractivity (Wildman–Crippen MR) is 159 cm³/mol. The molecule has 0 aromatic rings. The van der Waals surface area contributed by atoms with Gasteiger partial charge < -0.3 is 10.6 Å². The Morgan fingerprint density at radius 3 is 2.53 bits per heavy atom. The monoisotopic (exact) mass is 506 g/mol. The third kappa shape index (κ3) is 4.19. The predicted octanol–water partition coefficient (Wildman–Crippen LogP) is 8.16. The molecule has 5 unspecified atom stereocenters. The average Bonchev–Trinajstić information content (AvgIpc) is 3.25. The van der Waals surface area contributed by atoms with Gasteiger partial charge in [0.05, 0.1) is 0 Å². The molecular weight excluding hydrogens is 460 g/mol. The maximum absolute atomic E-state index is 4.83. The van der Waals surface area contributed by atoms with Crippen LogP contribution in [0.15, 0.2) is 93.8 Å². The van der Waals surface area contributed by atoms with Crippen LogP contribution in [0.5, 0.6) is 0 Å². The Morgan fingerprint density at radius 2 is 1.66 bits per heavy atom. The van der Waals surface area contributed by atoms with Crippen molar-refractivity contribution in [2.45, 2.75) is 95.6 Å². The lowest BCUT2D eigenvalue weighted by molar-refractivity contribution is 0.325. The van der Waals surface area contributed by atoms with Gasteiger partial charge in [-0.2, -0.15) is 0 Å². The molecule has 2 saturated carbocycles. The van der Waals surface area contributed by atoms with Crippen molar-refractivity contribution in [1.29, 1.82) is 0 Å². The summed E-state index contributed by atoms with van der Waals surface area (Å²) in [4.78, 5) is 0. The summed E-state index contributed by atoms with van der Waals surface area (Å²) in [6.07, 6.45) is 33.8. The number of hydrogen-bond acceptors (Lipinski definition) is 2. The number of rotatable bonds is 3. The molecule has 38 heavy (non-hydrogen) atoms. The van der Waals surface area contributed by atoms with Gasteiger partial charge in [-0.05, 0) is 105 Å². The molecule has 2 heteroatoms. The summed E-state index contributed by atoms with van der Waals surface area (Å²) in [5, 5.41) is 7.93. The second-order valence-corrected chi connectivity index (χ2v) is 13.0. The number of allylic oxidation sites excluding steroid dienone is 12. The summed E-state index contributed by atoms with van der Waals surface area (Å²) in [7, 11) is 2.21. The Hall–Kier alpha value is -2.32. The molecule has 0 aliphatic heterocycles. The van der Waals surface area contributed by atoms with Crippen molar-refractivity contribution >= 4 is 0 Å². The molecule has 2 nitrogen and oxygen atoms in total. The summed E-state index contributed by atoms with van der Waals surface area (Å²) < 4.78 is 0. The van der Waals surface area contributed by atoms with Gasteiger partial charge in [-0.25, -0.2) is 0 Å². The second kappa shape index (κ2) is 10.3. The first-order chi connectivity index (χ1) is 18.7. The van der Waals surface area contributed by atoms with Crippen molar-refractivity contribution in [2.24, 2.45) is 23.7 Å². The Morgan fingerprint density at radius 1 is 0.816 bits per heavy atom. The van der Waals surface area contributed by atoms with Crippen LogP contribution < -0.4 is 10.6 Å². The molecule has 0 aromatic carbocycles. The number of fused-ring (bicyclic) bond motifs is 5. The molecule has 0 heterocycles. The van der Waals surface area contributed by atoms with Crippen molar-refractivity contribution in [2.75, 3.05) is 7.05 Å². The van der Waals surface area contributed by atoms with Crippen LogP contribution >= 0.6 is 0 Å². The molecule has 0 saturated heterocycles. The first-order valence-electron chi connectivity index (χ1n) is 15.8. The van der Waals surface area contributed by atoms with Crippen molar-refractivity contribution in [3.05, 3.63) is 93.8 Å². The maximum atomic E-state index is 4.83. The quantitative estimate of drug-likeness (QED) is 0.403. The summed E-state index contributed by atoms with van der Waals surface area (Å²) >= 11 is 0. The normalized spacial score (nSPS) is 36.4. The molecule has 0 amide bonds. The lowest BCUT2D eigenvalue weighted by atomic mass is 9.71. The Kier molecular flexibility index (Phi) is 6.72. The molecule has 0 radical (unpaired) electrons. The van der Waals surface area contributed by atoms with Gasteiger partial charge in [0.15, 0.2) is 0 Å². The van der Waals surface area contributed by atoms with Gasteiger partial charge >= 0.3 is 0 Å². The summed E-state index contributed by atoms with van der Waals surface area (Å²) in [5.74, 6) is 2.46. The van der Waals surface area contributed by atoms with E-state index in [0.717, 1.165) is 6.42 Å². The molecule has 7 aliphatic carbocycles. The maximum Gasteiger partial charge on any atom is 0.0445 e. The Labute approximate surface area is 230 Å². The summed E-state index contributed by atoms with van der Waals surface area (Å²) in [6, 6.07) is 1.11. The topological polar surface area (TPSA) is 24.1 Å². The van der Waals surface area contributed by atoms with E-state index in [9.17, 15) is 0 Å². The molecule has 200 valence electrons. The minimum atomic E-state index is 0.524. The van der Waals surface area contributed by atoms with Gasteiger partial charge in [0.25, 0.3) is 0 Å². The zero-order valence-corrected chi connectivity index (χ0v) is 23.4. The molecule has 0 aromatic heterocycles. The van der Waals surface area contributed by atoms with Gasteiger partial charge in [-0.1, -0.05) is 85.1 Å². The van der Waals surface area contributed by atoms with Gasteiger partial charge in [0, 0.05) is 29.6 Å². The summed E-state index contributed by atoms with van der Waals surface area (Å²) in [6.45, 7) is 4.83. The highest BCUT2D eigenvalue weighted by Crippen LogP contribution is 2.58. The highest BCUT2D eigenvalue weighted by molar-refractivity contribution is 5.62. The molecule has 7 aliphatic rings. The molecule has 2 fully saturated rings. The van der Waals surface area contributed by atoms with Crippen LogP contribution in [0.3, 0.4) is 0 Å². The average molecular weight is 507 g/mol. The van der Waals surface area contributed by atoms with Gasteiger partial charge in [-0.3, -0.25) is 0 Å². The van der Waals surface area contributed by atoms with Crippen molar-refractivity contribution in [1.82, 2.24) is 10.6 Å². The van der Waals surface area contributed by atoms with Crippen molar-refractivity contribution in [3.8, 4) is 0 Å². The van der Waals surface area contributed by atoms with E-state index in [1.807, 2.05) is 0 Å². The van der Waals surface area contributed by atoms with E-state index in [1.165, 1.54) is 93.9 Å².